The lowest BCUT2D eigenvalue weighted by molar-refractivity contribution is 0.274. The van der Waals surface area contributed by atoms with Gasteiger partial charge in [-0.15, -0.1) is 5.10 Å². The fourth-order valence-electron chi connectivity index (χ4n) is 1.65. The van der Waals surface area contributed by atoms with Gasteiger partial charge in [-0.1, -0.05) is 32.9 Å². The summed E-state index contributed by atoms with van der Waals surface area (Å²) in [6, 6.07) is 0. The van der Waals surface area contributed by atoms with Gasteiger partial charge in [-0.3, -0.25) is 0 Å². The molecule has 1 aromatic heterocycles. The van der Waals surface area contributed by atoms with Crippen molar-refractivity contribution in [3.05, 3.63) is 11.4 Å². The number of aliphatic hydroxyl groups is 1. The largest absolute Gasteiger partial charge is 0.390 e. The molecular weight excluding hydrogens is 190 g/mol. The second kappa shape index (κ2) is 5.26. The molecule has 0 bridgehead atoms. The van der Waals surface area contributed by atoms with E-state index in [-0.39, 0.29) is 6.61 Å². The maximum atomic E-state index is 9.14. The molecule has 4 nitrogen and oxygen atoms in total. The van der Waals surface area contributed by atoms with E-state index in [0.29, 0.717) is 17.5 Å². The standard InChI is InChI=1S/C11H21N3O/c1-8(2)5-6-14-11(9(3)4)10(7-15)12-13-14/h8-9,15H,5-7H2,1-4H3. The molecule has 1 rings (SSSR count). The minimum absolute atomic E-state index is 0.0187. The number of aliphatic hydroxyl groups excluding tert-OH is 1. The number of rotatable bonds is 5. The third kappa shape index (κ3) is 3.02. The number of aromatic nitrogens is 3. The second-order valence-corrected chi connectivity index (χ2v) is 4.64. The molecule has 0 aliphatic carbocycles. The first-order valence-electron chi connectivity index (χ1n) is 5.59. The summed E-state index contributed by atoms with van der Waals surface area (Å²) in [6.07, 6.45) is 1.09. The molecule has 0 aliphatic heterocycles. The number of hydrogen-bond donors (Lipinski definition) is 1. The van der Waals surface area contributed by atoms with Gasteiger partial charge in [-0.05, 0) is 18.3 Å². The molecule has 0 fully saturated rings. The molecule has 86 valence electrons. The van der Waals surface area contributed by atoms with Gasteiger partial charge >= 0.3 is 0 Å². The molecule has 0 spiro atoms. The van der Waals surface area contributed by atoms with E-state index in [2.05, 4.69) is 38.0 Å². The normalized spacial score (nSPS) is 11.7. The zero-order valence-corrected chi connectivity index (χ0v) is 10.1. The lowest BCUT2D eigenvalue weighted by Gasteiger charge is -2.11. The highest BCUT2D eigenvalue weighted by atomic mass is 16.3. The van der Waals surface area contributed by atoms with Crippen LogP contribution in [0.5, 0.6) is 0 Å². The van der Waals surface area contributed by atoms with Crippen molar-refractivity contribution >= 4 is 0 Å². The van der Waals surface area contributed by atoms with Gasteiger partial charge in [0.1, 0.15) is 5.69 Å². The van der Waals surface area contributed by atoms with Crippen LogP contribution in [0.4, 0.5) is 0 Å². The number of nitrogens with zero attached hydrogens (tertiary/aromatic N) is 3. The summed E-state index contributed by atoms with van der Waals surface area (Å²) in [7, 11) is 0. The minimum Gasteiger partial charge on any atom is -0.390 e. The van der Waals surface area contributed by atoms with Crippen molar-refractivity contribution in [3.63, 3.8) is 0 Å². The highest BCUT2D eigenvalue weighted by Gasteiger charge is 2.15. The molecule has 0 unspecified atom stereocenters. The van der Waals surface area contributed by atoms with Crippen molar-refractivity contribution in [1.82, 2.24) is 15.0 Å². The van der Waals surface area contributed by atoms with Gasteiger partial charge in [0.25, 0.3) is 0 Å². The summed E-state index contributed by atoms with van der Waals surface area (Å²) in [6.45, 7) is 9.46. The van der Waals surface area contributed by atoms with Gasteiger partial charge in [-0.25, -0.2) is 4.68 Å². The zero-order chi connectivity index (χ0) is 11.4. The van der Waals surface area contributed by atoms with Gasteiger partial charge in [-0.2, -0.15) is 0 Å². The topological polar surface area (TPSA) is 50.9 Å². The summed E-state index contributed by atoms with van der Waals surface area (Å²) in [5.74, 6) is 1.01. The van der Waals surface area contributed by atoms with Crippen molar-refractivity contribution in [1.29, 1.82) is 0 Å². The quantitative estimate of drug-likeness (QED) is 0.809. The SMILES string of the molecule is CC(C)CCn1nnc(CO)c1C(C)C. The van der Waals surface area contributed by atoms with Crippen LogP contribution >= 0.6 is 0 Å². The maximum absolute atomic E-state index is 9.14. The molecule has 1 aromatic rings. The molecule has 0 amide bonds. The zero-order valence-electron chi connectivity index (χ0n) is 10.1. The molecule has 1 N–H and O–H groups in total. The number of aryl methyl sites for hydroxylation is 1. The average molecular weight is 211 g/mol. The lowest BCUT2D eigenvalue weighted by Crippen LogP contribution is -2.09. The minimum atomic E-state index is -0.0187. The third-order valence-corrected chi connectivity index (χ3v) is 2.46. The molecular formula is C11H21N3O. The van der Waals surface area contributed by atoms with Crippen molar-refractivity contribution in [2.24, 2.45) is 5.92 Å². The van der Waals surface area contributed by atoms with Crippen LogP contribution in [0.25, 0.3) is 0 Å². The Morgan fingerprint density at radius 1 is 1.27 bits per heavy atom. The van der Waals surface area contributed by atoms with Crippen LogP contribution in [-0.2, 0) is 13.2 Å². The van der Waals surface area contributed by atoms with Gasteiger partial charge in [0, 0.05) is 6.54 Å². The Hall–Kier alpha value is -0.900. The third-order valence-electron chi connectivity index (χ3n) is 2.46. The number of hydrogen-bond acceptors (Lipinski definition) is 3. The Labute approximate surface area is 91.3 Å². The average Bonchev–Trinajstić information content (AvgIpc) is 2.57. The van der Waals surface area contributed by atoms with Crippen LogP contribution < -0.4 is 0 Å². The monoisotopic (exact) mass is 211 g/mol. The van der Waals surface area contributed by atoms with Crippen molar-refractivity contribution < 1.29 is 5.11 Å². The van der Waals surface area contributed by atoms with Crippen LogP contribution in [0.3, 0.4) is 0 Å². The Kier molecular flexibility index (Phi) is 4.27. The molecule has 0 aliphatic rings. The fourth-order valence-corrected chi connectivity index (χ4v) is 1.65. The van der Waals surface area contributed by atoms with Crippen LogP contribution in [0, 0.1) is 5.92 Å². The predicted octanol–water partition coefficient (Wildman–Crippen LogP) is 1.94. The molecule has 0 aromatic carbocycles. The van der Waals surface area contributed by atoms with E-state index in [1.54, 1.807) is 0 Å². The molecule has 0 atom stereocenters. The fraction of sp³-hybridized carbons (Fsp3) is 0.818. The van der Waals surface area contributed by atoms with Crippen LogP contribution in [0.2, 0.25) is 0 Å². The van der Waals surface area contributed by atoms with Gasteiger partial charge < -0.3 is 5.11 Å². The van der Waals surface area contributed by atoms with E-state index in [1.165, 1.54) is 0 Å². The van der Waals surface area contributed by atoms with Crippen LogP contribution in [-0.4, -0.2) is 20.1 Å². The summed E-state index contributed by atoms with van der Waals surface area (Å²) in [5, 5.41) is 17.2. The van der Waals surface area contributed by atoms with E-state index < -0.39 is 0 Å². The van der Waals surface area contributed by atoms with E-state index >= 15 is 0 Å². The summed E-state index contributed by atoms with van der Waals surface area (Å²) < 4.78 is 1.93. The second-order valence-electron chi connectivity index (χ2n) is 4.64. The maximum Gasteiger partial charge on any atom is 0.112 e. The van der Waals surface area contributed by atoms with E-state index in [0.717, 1.165) is 18.7 Å². The first-order valence-corrected chi connectivity index (χ1v) is 5.59. The molecule has 15 heavy (non-hydrogen) atoms. The highest BCUT2D eigenvalue weighted by Crippen LogP contribution is 2.18. The smallest absolute Gasteiger partial charge is 0.112 e. The Morgan fingerprint density at radius 2 is 1.93 bits per heavy atom. The molecule has 0 saturated carbocycles. The van der Waals surface area contributed by atoms with E-state index in [9.17, 15) is 0 Å². The summed E-state index contributed by atoms with van der Waals surface area (Å²) >= 11 is 0. The molecule has 1 heterocycles. The van der Waals surface area contributed by atoms with Gasteiger partial charge in [0.05, 0.1) is 12.3 Å². The molecule has 0 saturated heterocycles. The van der Waals surface area contributed by atoms with Crippen molar-refractivity contribution in [2.75, 3.05) is 0 Å². The molecule has 4 heteroatoms. The van der Waals surface area contributed by atoms with Gasteiger partial charge in [0.15, 0.2) is 0 Å². The first-order chi connectivity index (χ1) is 7.06. The Bertz CT molecular complexity index is 305. The summed E-state index contributed by atoms with van der Waals surface area (Å²) in [4.78, 5) is 0. The van der Waals surface area contributed by atoms with Crippen molar-refractivity contribution in [2.45, 2.75) is 53.2 Å². The Balaban J connectivity index is 2.82. The summed E-state index contributed by atoms with van der Waals surface area (Å²) in [5.41, 5.74) is 1.78. The van der Waals surface area contributed by atoms with Crippen LogP contribution in [0.1, 0.15) is 51.4 Å². The molecule has 0 radical (unpaired) electrons. The Morgan fingerprint density at radius 3 is 2.40 bits per heavy atom. The van der Waals surface area contributed by atoms with E-state index in [1.807, 2.05) is 4.68 Å². The lowest BCUT2D eigenvalue weighted by atomic mass is 10.1. The van der Waals surface area contributed by atoms with Crippen molar-refractivity contribution in [3.8, 4) is 0 Å². The predicted molar refractivity (Wildman–Crippen MR) is 59.5 cm³/mol. The highest BCUT2D eigenvalue weighted by molar-refractivity contribution is 5.13. The van der Waals surface area contributed by atoms with Gasteiger partial charge in [0.2, 0.25) is 0 Å². The van der Waals surface area contributed by atoms with Crippen LogP contribution in [0.15, 0.2) is 0 Å². The first kappa shape index (κ1) is 12.2. The van der Waals surface area contributed by atoms with E-state index in [4.69, 9.17) is 5.11 Å².